The Morgan fingerprint density at radius 3 is 2.55 bits per heavy atom. The van der Waals surface area contributed by atoms with Crippen LogP contribution in [0.25, 0.3) is 0 Å². The van der Waals surface area contributed by atoms with Gasteiger partial charge in [0.25, 0.3) is 0 Å². The van der Waals surface area contributed by atoms with Crippen LogP contribution >= 0.6 is 0 Å². The molecule has 0 saturated carbocycles. The summed E-state index contributed by atoms with van der Waals surface area (Å²) in [4.78, 5) is 8.76. The van der Waals surface area contributed by atoms with E-state index in [1.54, 1.807) is 6.20 Å². The summed E-state index contributed by atoms with van der Waals surface area (Å²) < 4.78 is 1.93. The summed E-state index contributed by atoms with van der Waals surface area (Å²) in [5.74, 6) is 2.53. The van der Waals surface area contributed by atoms with Gasteiger partial charge in [-0.05, 0) is 25.8 Å². The molecule has 6 heteroatoms. The third-order valence-electron chi connectivity index (χ3n) is 2.82. The fourth-order valence-electron chi connectivity index (χ4n) is 1.89. The molecule has 0 aliphatic carbocycles. The highest BCUT2D eigenvalue weighted by atomic mass is 15.3. The van der Waals surface area contributed by atoms with Gasteiger partial charge in [0.2, 0.25) is 0 Å². The molecule has 0 spiro atoms. The normalized spacial score (nSPS) is 10.5. The number of nitrogens with zero attached hydrogens (tertiary/aromatic N) is 4. The topological polar surface area (TPSA) is 67.7 Å². The average Bonchev–Trinajstić information content (AvgIpc) is 2.94. The number of rotatable bonds is 8. The summed E-state index contributed by atoms with van der Waals surface area (Å²) in [5.41, 5.74) is 0. The molecule has 0 bridgehead atoms. The van der Waals surface area contributed by atoms with Gasteiger partial charge in [-0.3, -0.25) is 4.68 Å². The Balaban J connectivity index is 1.80. The third kappa shape index (κ3) is 4.53. The number of nitrogens with one attached hydrogen (secondary N) is 2. The molecule has 2 N–H and O–H groups in total. The fourth-order valence-corrected chi connectivity index (χ4v) is 1.89. The van der Waals surface area contributed by atoms with Crippen molar-refractivity contribution in [3.63, 3.8) is 0 Å². The molecule has 0 amide bonds. The van der Waals surface area contributed by atoms with Crippen molar-refractivity contribution in [1.82, 2.24) is 19.7 Å². The van der Waals surface area contributed by atoms with Crippen LogP contribution in [-0.2, 0) is 6.54 Å². The van der Waals surface area contributed by atoms with Crippen molar-refractivity contribution in [2.75, 3.05) is 23.7 Å². The van der Waals surface area contributed by atoms with Crippen molar-refractivity contribution in [3.8, 4) is 0 Å². The molecular formula is C14H22N6. The zero-order valence-electron chi connectivity index (χ0n) is 12.1. The quantitative estimate of drug-likeness (QED) is 0.723. The van der Waals surface area contributed by atoms with Crippen LogP contribution in [0.3, 0.4) is 0 Å². The first-order valence-corrected chi connectivity index (χ1v) is 7.09. The van der Waals surface area contributed by atoms with Gasteiger partial charge in [0.05, 0.1) is 0 Å². The predicted molar refractivity (Wildman–Crippen MR) is 80.9 cm³/mol. The number of aryl methyl sites for hydroxylation is 2. The van der Waals surface area contributed by atoms with Crippen molar-refractivity contribution in [3.05, 3.63) is 30.4 Å². The second-order valence-electron chi connectivity index (χ2n) is 4.66. The molecule has 20 heavy (non-hydrogen) atoms. The third-order valence-corrected chi connectivity index (χ3v) is 2.82. The Hall–Kier alpha value is -2.11. The Kier molecular flexibility index (Phi) is 5.34. The molecule has 0 aliphatic rings. The lowest BCUT2D eigenvalue weighted by Crippen LogP contribution is -2.10. The minimum Gasteiger partial charge on any atom is -0.370 e. The van der Waals surface area contributed by atoms with Gasteiger partial charge in [-0.15, -0.1) is 0 Å². The van der Waals surface area contributed by atoms with E-state index in [1.165, 1.54) is 0 Å². The standard InChI is InChI=1S/C14H22N6/c1-3-6-15-13-11-14(19-12(2)18-13)16-7-4-9-20-10-5-8-17-20/h5,8,10-11H,3-4,6-7,9H2,1-2H3,(H2,15,16,18,19). The van der Waals surface area contributed by atoms with Gasteiger partial charge >= 0.3 is 0 Å². The lowest BCUT2D eigenvalue weighted by molar-refractivity contribution is 0.591. The van der Waals surface area contributed by atoms with Crippen LogP contribution in [0.1, 0.15) is 25.6 Å². The minimum atomic E-state index is 0.778. The van der Waals surface area contributed by atoms with E-state index < -0.39 is 0 Å². The Morgan fingerprint density at radius 2 is 1.90 bits per heavy atom. The second kappa shape index (κ2) is 7.47. The molecule has 0 radical (unpaired) electrons. The van der Waals surface area contributed by atoms with Gasteiger partial charge in [-0.2, -0.15) is 5.10 Å². The molecule has 108 valence electrons. The largest absolute Gasteiger partial charge is 0.370 e. The molecule has 6 nitrogen and oxygen atoms in total. The second-order valence-corrected chi connectivity index (χ2v) is 4.66. The van der Waals surface area contributed by atoms with E-state index in [9.17, 15) is 0 Å². The highest BCUT2D eigenvalue weighted by Gasteiger charge is 2.01. The molecule has 0 aliphatic heterocycles. The Morgan fingerprint density at radius 1 is 1.15 bits per heavy atom. The molecule has 2 heterocycles. The van der Waals surface area contributed by atoms with Crippen molar-refractivity contribution in [1.29, 1.82) is 0 Å². The van der Waals surface area contributed by atoms with Crippen LogP contribution in [-0.4, -0.2) is 32.8 Å². The van der Waals surface area contributed by atoms with Crippen molar-refractivity contribution >= 4 is 11.6 Å². The summed E-state index contributed by atoms with van der Waals surface area (Å²) in [5, 5.41) is 10.8. The molecule has 2 aromatic rings. The first-order valence-electron chi connectivity index (χ1n) is 7.09. The lowest BCUT2D eigenvalue weighted by atomic mass is 10.4. The van der Waals surface area contributed by atoms with Gasteiger partial charge in [-0.25, -0.2) is 9.97 Å². The zero-order valence-corrected chi connectivity index (χ0v) is 12.1. The van der Waals surface area contributed by atoms with E-state index in [0.717, 1.165) is 49.9 Å². The zero-order chi connectivity index (χ0) is 14.2. The van der Waals surface area contributed by atoms with Crippen LogP contribution in [0.5, 0.6) is 0 Å². The van der Waals surface area contributed by atoms with Crippen molar-refractivity contribution in [2.24, 2.45) is 0 Å². The van der Waals surface area contributed by atoms with E-state index in [2.05, 4.69) is 32.6 Å². The average molecular weight is 274 g/mol. The van der Waals surface area contributed by atoms with E-state index in [4.69, 9.17) is 0 Å². The highest BCUT2D eigenvalue weighted by molar-refractivity contribution is 5.47. The molecule has 0 unspecified atom stereocenters. The molecule has 2 rings (SSSR count). The SMILES string of the molecule is CCCNc1cc(NCCCn2cccn2)nc(C)n1. The van der Waals surface area contributed by atoms with Gasteiger partial charge in [-0.1, -0.05) is 6.92 Å². The maximum absolute atomic E-state index is 4.39. The van der Waals surface area contributed by atoms with Gasteiger partial charge in [0, 0.05) is 38.1 Å². The van der Waals surface area contributed by atoms with Crippen LogP contribution in [0, 0.1) is 6.92 Å². The predicted octanol–water partition coefficient (Wildman–Crippen LogP) is 2.31. The van der Waals surface area contributed by atoms with Gasteiger partial charge in [0.1, 0.15) is 17.5 Å². The van der Waals surface area contributed by atoms with E-state index >= 15 is 0 Å². The number of hydrogen-bond acceptors (Lipinski definition) is 5. The molecule has 2 aromatic heterocycles. The Bertz CT molecular complexity index is 508. The van der Waals surface area contributed by atoms with Gasteiger partial charge in [0.15, 0.2) is 0 Å². The van der Waals surface area contributed by atoms with E-state index in [1.807, 2.05) is 29.9 Å². The summed E-state index contributed by atoms with van der Waals surface area (Å²) in [6.45, 7) is 6.74. The van der Waals surface area contributed by atoms with Crippen molar-refractivity contribution in [2.45, 2.75) is 33.2 Å². The number of hydrogen-bond donors (Lipinski definition) is 2. The van der Waals surface area contributed by atoms with Crippen LogP contribution in [0.4, 0.5) is 11.6 Å². The molecule has 0 fully saturated rings. The summed E-state index contributed by atoms with van der Waals surface area (Å²) >= 11 is 0. The molecule has 0 aromatic carbocycles. The van der Waals surface area contributed by atoms with E-state index in [-0.39, 0.29) is 0 Å². The van der Waals surface area contributed by atoms with Gasteiger partial charge < -0.3 is 10.6 Å². The lowest BCUT2D eigenvalue weighted by Gasteiger charge is -2.09. The molecule has 0 atom stereocenters. The maximum atomic E-state index is 4.39. The summed E-state index contributed by atoms with van der Waals surface area (Å²) in [6, 6.07) is 3.89. The maximum Gasteiger partial charge on any atom is 0.131 e. The van der Waals surface area contributed by atoms with E-state index in [0.29, 0.717) is 0 Å². The molecule has 0 saturated heterocycles. The Labute approximate surface area is 119 Å². The first kappa shape index (κ1) is 14.3. The van der Waals surface area contributed by atoms with Crippen LogP contribution in [0.15, 0.2) is 24.5 Å². The first-order chi connectivity index (χ1) is 9.78. The highest BCUT2D eigenvalue weighted by Crippen LogP contribution is 2.11. The number of anilines is 2. The summed E-state index contributed by atoms with van der Waals surface area (Å²) in [7, 11) is 0. The summed E-state index contributed by atoms with van der Waals surface area (Å²) in [6.07, 6.45) is 5.85. The van der Waals surface area contributed by atoms with Crippen molar-refractivity contribution < 1.29 is 0 Å². The smallest absolute Gasteiger partial charge is 0.131 e. The number of aromatic nitrogens is 4. The van der Waals surface area contributed by atoms with Crippen LogP contribution < -0.4 is 10.6 Å². The molecular weight excluding hydrogens is 252 g/mol. The fraction of sp³-hybridized carbons (Fsp3) is 0.500. The monoisotopic (exact) mass is 274 g/mol. The minimum absolute atomic E-state index is 0.778. The van der Waals surface area contributed by atoms with Crippen LogP contribution in [0.2, 0.25) is 0 Å².